The second kappa shape index (κ2) is 9.25. The van der Waals surface area contributed by atoms with E-state index < -0.39 is 0 Å². The van der Waals surface area contributed by atoms with E-state index in [4.69, 9.17) is 9.26 Å². The summed E-state index contributed by atoms with van der Waals surface area (Å²) in [4.78, 5) is 26.0. The van der Waals surface area contributed by atoms with Crippen LogP contribution in [0.4, 0.5) is 5.69 Å². The Morgan fingerprint density at radius 3 is 2.43 bits per heavy atom. The Bertz CT molecular complexity index is 1420. The summed E-state index contributed by atoms with van der Waals surface area (Å²) >= 11 is 0. The highest BCUT2D eigenvalue weighted by Gasteiger charge is 2.24. The predicted molar refractivity (Wildman–Crippen MR) is 134 cm³/mol. The van der Waals surface area contributed by atoms with Crippen LogP contribution in [0.2, 0.25) is 0 Å². The van der Waals surface area contributed by atoms with Crippen LogP contribution in [0.1, 0.15) is 56.1 Å². The van der Waals surface area contributed by atoms with Crippen molar-refractivity contribution in [1.82, 2.24) is 10.5 Å². The SMILES string of the molecule is Cc1ccc(C(=O)NC2CC2)cc1NC(=O)c1cc2ccccc2cc1OCc1c(C)noc1C. The molecule has 0 bridgehead atoms. The average Bonchev–Trinajstić information content (AvgIpc) is 3.61. The zero-order valence-corrected chi connectivity index (χ0v) is 20.0. The highest BCUT2D eigenvalue weighted by Crippen LogP contribution is 2.29. The van der Waals surface area contributed by atoms with Crippen LogP contribution in [0.15, 0.2) is 59.1 Å². The monoisotopic (exact) mass is 469 g/mol. The minimum atomic E-state index is -0.313. The van der Waals surface area contributed by atoms with Gasteiger partial charge in [0.25, 0.3) is 11.8 Å². The molecule has 7 nitrogen and oxygen atoms in total. The molecule has 0 saturated heterocycles. The smallest absolute Gasteiger partial charge is 0.259 e. The van der Waals surface area contributed by atoms with Gasteiger partial charge in [0.05, 0.1) is 16.8 Å². The zero-order valence-electron chi connectivity index (χ0n) is 20.0. The number of aromatic nitrogens is 1. The Morgan fingerprint density at radius 2 is 1.74 bits per heavy atom. The molecule has 0 unspecified atom stereocenters. The maximum Gasteiger partial charge on any atom is 0.259 e. The number of hydrogen-bond acceptors (Lipinski definition) is 5. The van der Waals surface area contributed by atoms with Crippen molar-refractivity contribution in [1.29, 1.82) is 0 Å². The molecule has 0 aliphatic heterocycles. The second-order valence-corrected chi connectivity index (χ2v) is 9.02. The Labute approximate surface area is 203 Å². The molecule has 1 aliphatic carbocycles. The van der Waals surface area contributed by atoms with E-state index >= 15 is 0 Å². The molecular formula is C28H27N3O4. The van der Waals surface area contributed by atoms with Gasteiger partial charge in [-0.15, -0.1) is 0 Å². The van der Waals surface area contributed by atoms with Crippen LogP contribution in [0.5, 0.6) is 5.75 Å². The quantitative estimate of drug-likeness (QED) is 0.374. The van der Waals surface area contributed by atoms with Gasteiger partial charge in [0.1, 0.15) is 18.1 Å². The predicted octanol–water partition coefficient (Wildman–Crippen LogP) is 5.48. The number of fused-ring (bicyclic) bond motifs is 1. The maximum absolute atomic E-state index is 13.5. The molecule has 0 atom stereocenters. The van der Waals surface area contributed by atoms with Crippen LogP contribution in [0.25, 0.3) is 10.8 Å². The molecule has 7 heteroatoms. The number of aryl methyl sites for hydroxylation is 3. The van der Waals surface area contributed by atoms with Crippen molar-refractivity contribution in [2.75, 3.05) is 5.32 Å². The number of rotatable bonds is 7. The summed E-state index contributed by atoms with van der Waals surface area (Å²) in [6.45, 7) is 5.82. The van der Waals surface area contributed by atoms with E-state index in [0.29, 0.717) is 28.3 Å². The fraction of sp³-hybridized carbons (Fsp3) is 0.250. The van der Waals surface area contributed by atoms with Gasteiger partial charge in [0.15, 0.2) is 0 Å². The number of carbonyl (C=O) groups excluding carboxylic acids is 2. The fourth-order valence-corrected chi connectivity index (χ4v) is 3.96. The molecule has 2 N–H and O–H groups in total. The topological polar surface area (TPSA) is 93.5 Å². The lowest BCUT2D eigenvalue weighted by molar-refractivity contribution is 0.0949. The summed E-state index contributed by atoms with van der Waals surface area (Å²) in [6, 6.07) is 17.1. The van der Waals surface area contributed by atoms with E-state index in [2.05, 4.69) is 15.8 Å². The molecule has 1 saturated carbocycles. The van der Waals surface area contributed by atoms with E-state index in [1.165, 1.54) is 0 Å². The molecular weight excluding hydrogens is 442 g/mol. The van der Waals surface area contributed by atoms with Crippen molar-refractivity contribution in [3.05, 3.63) is 88.3 Å². The van der Waals surface area contributed by atoms with Gasteiger partial charge in [0, 0.05) is 17.3 Å². The third-order valence-corrected chi connectivity index (χ3v) is 6.31. The molecule has 5 rings (SSSR count). The molecule has 0 radical (unpaired) electrons. The lowest BCUT2D eigenvalue weighted by Gasteiger charge is -2.15. The van der Waals surface area contributed by atoms with Crippen molar-refractivity contribution < 1.29 is 18.8 Å². The summed E-state index contributed by atoms with van der Waals surface area (Å²) in [7, 11) is 0. The minimum Gasteiger partial charge on any atom is -0.488 e. The number of nitrogens with zero attached hydrogens (tertiary/aromatic N) is 1. The number of anilines is 1. The molecule has 35 heavy (non-hydrogen) atoms. The second-order valence-electron chi connectivity index (χ2n) is 9.02. The Hall–Kier alpha value is -4.13. The molecule has 4 aromatic rings. The Balaban J connectivity index is 1.44. The normalized spacial score (nSPS) is 13.0. The summed E-state index contributed by atoms with van der Waals surface area (Å²) in [5, 5.41) is 11.8. The van der Waals surface area contributed by atoms with Crippen molar-refractivity contribution in [2.24, 2.45) is 0 Å². The van der Waals surface area contributed by atoms with Gasteiger partial charge in [0.2, 0.25) is 0 Å². The third-order valence-electron chi connectivity index (χ3n) is 6.31. The van der Waals surface area contributed by atoms with Crippen LogP contribution >= 0.6 is 0 Å². The Kier molecular flexibility index (Phi) is 5.99. The molecule has 1 fully saturated rings. The number of hydrogen-bond donors (Lipinski definition) is 2. The van der Waals surface area contributed by atoms with Crippen molar-refractivity contribution >= 4 is 28.3 Å². The average molecular weight is 470 g/mol. The van der Waals surface area contributed by atoms with Crippen LogP contribution in [0.3, 0.4) is 0 Å². The molecule has 178 valence electrons. The van der Waals surface area contributed by atoms with Gasteiger partial charge < -0.3 is 19.9 Å². The van der Waals surface area contributed by atoms with E-state index in [9.17, 15) is 9.59 Å². The first-order chi connectivity index (χ1) is 16.9. The van der Waals surface area contributed by atoms with Gasteiger partial charge in [-0.2, -0.15) is 0 Å². The summed E-state index contributed by atoms with van der Waals surface area (Å²) in [6.07, 6.45) is 2.03. The summed E-state index contributed by atoms with van der Waals surface area (Å²) in [5.41, 5.74) is 3.98. The van der Waals surface area contributed by atoms with Crippen molar-refractivity contribution in [2.45, 2.75) is 46.3 Å². The van der Waals surface area contributed by atoms with Gasteiger partial charge >= 0.3 is 0 Å². The zero-order chi connectivity index (χ0) is 24.5. The van der Waals surface area contributed by atoms with Crippen LogP contribution in [-0.2, 0) is 6.61 Å². The Morgan fingerprint density at radius 1 is 1.00 bits per heavy atom. The number of nitrogens with one attached hydrogen (secondary N) is 2. The largest absolute Gasteiger partial charge is 0.488 e. The first kappa shape index (κ1) is 22.7. The molecule has 0 spiro atoms. The first-order valence-electron chi connectivity index (χ1n) is 11.7. The first-order valence-corrected chi connectivity index (χ1v) is 11.7. The van der Waals surface area contributed by atoms with Crippen LogP contribution < -0.4 is 15.4 Å². The number of ether oxygens (including phenoxy) is 1. The van der Waals surface area contributed by atoms with Gasteiger partial charge in [-0.1, -0.05) is 35.5 Å². The molecule has 1 aliphatic rings. The summed E-state index contributed by atoms with van der Waals surface area (Å²) in [5.74, 6) is 0.706. The van der Waals surface area contributed by atoms with E-state index in [1.54, 1.807) is 12.1 Å². The summed E-state index contributed by atoms with van der Waals surface area (Å²) < 4.78 is 11.4. The minimum absolute atomic E-state index is 0.128. The number of carbonyl (C=O) groups is 2. The number of amides is 2. The van der Waals surface area contributed by atoms with E-state index in [1.807, 2.05) is 63.2 Å². The highest BCUT2D eigenvalue weighted by atomic mass is 16.5. The highest BCUT2D eigenvalue weighted by molar-refractivity contribution is 6.09. The van der Waals surface area contributed by atoms with E-state index in [0.717, 1.165) is 40.4 Å². The van der Waals surface area contributed by atoms with Crippen LogP contribution in [-0.4, -0.2) is 23.0 Å². The standard InChI is InChI=1S/C28H27N3O4/c1-16-8-9-21(27(32)29-22-10-11-22)13-25(16)30-28(33)23-12-19-6-4-5-7-20(19)14-26(23)34-15-24-17(2)31-35-18(24)3/h4-9,12-14,22H,10-11,15H2,1-3H3,(H,29,32)(H,30,33). The third kappa shape index (κ3) is 4.89. The van der Waals surface area contributed by atoms with Crippen molar-refractivity contribution in [3.8, 4) is 5.75 Å². The molecule has 1 heterocycles. The van der Waals surface area contributed by atoms with Crippen molar-refractivity contribution in [3.63, 3.8) is 0 Å². The van der Waals surface area contributed by atoms with Gasteiger partial charge in [-0.25, -0.2) is 0 Å². The van der Waals surface area contributed by atoms with E-state index in [-0.39, 0.29) is 24.5 Å². The molecule has 3 aromatic carbocycles. The molecule has 2 amide bonds. The van der Waals surface area contributed by atoms with Gasteiger partial charge in [-0.3, -0.25) is 9.59 Å². The maximum atomic E-state index is 13.5. The molecule has 1 aromatic heterocycles. The number of benzene rings is 3. The lowest BCUT2D eigenvalue weighted by atomic mass is 10.0. The lowest BCUT2D eigenvalue weighted by Crippen LogP contribution is -2.25. The fourth-order valence-electron chi connectivity index (χ4n) is 3.96. The van der Waals surface area contributed by atoms with Crippen LogP contribution in [0, 0.1) is 20.8 Å². The van der Waals surface area contributed by atoms with Gasteiger partial charge in [-0.05, 0) is 74.2 Å².